The molecule has 4 aliphatic rings. The minimum atomic E-state index is -2.28. The van der Waals surface area contributed by atoms with Crippen LogP contribution in [-0.2, 0) is 21.3 Å². The molecule has 1 unspecified atom stereocenters. The maximum absolute atomic E-state index is 7.22. The van der Waals surface area contributed by atoms with E-state index in [0.29, 0.717) is 0 Å². The van der Waals surface area contributed by atoms with E-state index in [1.165, 1.54) is 44.3 Å². The van der Waals surface area contributed by atoms with E-state index in [-0.39, 0.29) is 0 Å². The summed E-state index contributed by atoms with van der Waals surface area (Å²) < 4.78 is 14.4. The van der Waals surface area contributed by atoms with Gasteiger partial charge in [-0.15, -0.1) is 0 Å². The molecule has 0 spiro atoms. The van der Waals surface area contributed by atoms with Crippen LogP contribution in [0.5, 0.6) is 0 Å². The molecule has 0 N–H and O–H groups in total. The first kappa shape index (κ1) is 30.6. The zero-order valence-electron chi connectivity index (χ0n) is 25.8. The van der Waals surface area contributed by atoms with Crippen molar-refractivity contribution in [3.63, 3.8) is 0 Å². The van der Waals surface area contributed by atoms with Crippen molar-refractivity contribution in [2.24, 2.45) is 0 Å². The highest BCUT2D eigenvalue weighted by atomic mass is 32.4. The van der Waals surface area contributed by atoms with Crippen molar-refractivity contribution < 1.29 is 9.47 Å². The third kappa shape index (κ3) is 6.36. The van der Waals surface area contributed by atoms with Gasteiger partial charge in [0.1, 0.15) is 0 Å². The standard InChI is InChI=1S/C36H46N3O2PS/c1-3-39(4-2)42(43,33-17-15-31(27-29-11-7-5-8-12-29)35(33)37-19-23-40-24-20-37)34-18-16-32(28-30-13-9-6-10-14-30)36(34)38-21-25-41-26-22-38/h5-14,27-28H,3-4,15-26H2,1-2H3/b31-27-,32-28+. The molecule has 2 aliphatic carbocycles. The van der Waals surface area contributed by atoms with E-state index in [1.807, 2.05) is 0 Å². The van der Waals surface area contributed by atoms with Gasteiger partial charge in [-0.05, 0) is 60.1 Å². The predicted octanol–water partition coefficient (Wildman–Crippen LogP) is 7.57. The topological polar surface area (TPSA) is 28.2 Å². The van der Waals surface area contributed by atoms with E-state index in [0.717, 1.165) is 91.4 Å². The minimum Gasteiger partial charge on any atom is -0.378 e. The quantitative estimate of drug-likeness (QED) is 0.270. The fourth-order valence-electron chi connectivity index (χ4n) is 7.19. The molecule has 6 rings (SSSR count). The van der Waals surface area contributed by atoms with Gasteiger partial charge in [0, 0.05) is 61.3 Å². The number of allylic oxidation sites excluding steroid dienone is 4. The van der Waals surface area contributed by atoms with Crippen LogP contribution in [0.4, 0.5) is 0 Å². The maximum Gasteiger partial charge on any atom is 0.0672 e. The van der Waals surface area contributed by atoms with Gasteiger partial charge in [0.05, 0.1) is 32.6 Å². The van der Waals surface area contributed by atoms with Gasteiger partial charge in [0.15, 0.2) is 0 Å². The summed E-state index contributed by atoms with van der Waals surface area (Å²) in [5.74, 6) is 0. The molecule has 2 saturated heterocycles. The van der Waals surface area contributed by atoms with Gasteiger partial charge < -0.3 is 19.3 Å². The highest BCUT2D eigenvalue weighted by molar-refractivity contribution is 8.17. The number of hydrogen-bond donors (Lipinski definition) is 0. The number of morpholine rings is 2. The van der Waals surface area contributed by atoms with Crippen LogP contribution in [0.15, 0.2) is 93.8 Å². The third-order valence-corrected chi connectivity index (χ3v) is 14.9. The molecule has 228 valence electrons. The summed E-state index contributed by atoms with van der Waals surface area (Å²) in [6, 6.07) is 21.6. The molecule has 5 nitrogen and oxygen atoms in total. The summed E-state index contributed by atoms with van der Waals surface area (Å²) in [4.78, 5) is 5.21. The van der Waals surface area contributed by atoms with E-state index in [9.17, 15) is 0 Å². The van der Waals surface area contributed by atoms with E-state index in [2.05, 4.69) is 101 Å². The van der Waals surface area contributed by atoms with Gasteiger partial charge in [0.25, 0.3) is 0 Å². The van der Waals surface area contributed by atoms with Gasteiger partial charge >= 0.3 is 0 Å². The lowest BCUT2D eigenvalue weighted by molar-refractivity contribution is 0.0547. The fourth-order valence-corrected chi connectivity index (χ4v) is 12.7. The first-order valence-electron chi connectivity index (χ1n) is 16.1. The molecule has 2 fully saturated rings. The summed E-state index contributed by atoms with van der Waals surface area (Å²) in [5, 5.41) is 3.05. The summed E-state index contributed by atoms with van der Waals surface area (Å²) in [7, 11) is 0. The second kappa shape index (κ2) is 14.1. The lowest BCUT2D eigenvalue weighted by atomic mass is 10.1. The molecule has 0 bridgehead atoms. The van der Waals surface area contributed by atoms with E-state index in [4.69, 9.17) is 21.3 Å². The highest BCUT2D eigenvalue weighted by Crippen LogP contribution is 2.72. The van der Waals surface area contributed by atoms with Crippen LogP contribution in [0.3, 0.4) is 0 Å². The van der Waals surface area contributed by atoms with Crippen LogP contribution in [0.25, 0.3) is 12.2 Å². The second-order valence-corrected chi connectivity index (χ2v) is 16.0. The molecule has 0 saturated carbocycles. The Morgan fingerprint density at radius 2 is 1.05 bits per heavy atom. The van der Waals surface area contributed by atoms with Crippen molar-refractivity contribution in [1.82, 2.24) is 14.5 Å². The Morgan fingerprint density at radius 1 is 0.651 bits per heavy atom. The van der Waals surface area contributed by atoms with Crippen molar-refractivity contribution >= 4 is 30.1 Å². The van der Waals surface area contributed by atoms with Crippen molar-refractivity contribution in [2.45, 2.75) is 39.5 Å². The Labute approximate surface area is 263 Å². The lowest BCUT2D eigenvalue weighted by Gasteiger charge is -2.41. The van der Waals surface area contributed by atoms with Crippen LogP contribution < -0.4 is 0 Å². The average molecular weight is 616 g/mol. The number of rotatable bonds is 9. The zero-order valence-corrected chi connectivity index (χ0v) is 27.6. The van der Waals surface area contributed by atoms with Gasteiger partial charge in [0.2, 0.25) is 0 Å². The van der Waals surface area contributed by atoms with Gasteiger partial charge in [-0.25, -0.2) is 0 Å². The molecule has 1 atom stereocenters. The van der Waals surface area contributed by atoms with Gasteiger partial charge in [-0.2, -0.15) is 0 Å². The summed E-state index contributed by atoms with van der Waals surface area (Å²) in [6.45, 7) is 13.3. The molecule has 0 amide bonds. The van der Waals surface area contributed by atoms with Crippen LogP contribution >= 0.6 is 6.19 Å². The maximum atomic E-state index is 7.22. The van der Waals surface area contributed by atoms with E-state index >= 15 is 0 Å². The Balaban J connectivity index is 1.57. The summed E-state index contributed by atoms with van der Waals surface area (Å²) in [6.07, 6.45) is 6.74. The Morgan fingerprint density at radius 3 is 1.42 bits per heavy atom. The molecule has 2 aromatic rings. The first-order valence-corrected chi connectivity index (χ1v) is 18.9. The second-order valence-electron chi connectivity index (χ2n) is 11.7. The molecule has 2 aliphatic heterocycles. The molecule has 2 heterocycles. The molecule has 0 radical (unpaired) electrons. The normalized spacial score (nSPS) is 23.2. The third-order valence-electron chi connectivity index (χ3n) is 9.21. The first-order chi connectivity index (χ1) is 21.1. The largest absolute Gasteiger partial charge is 0.378 e. The van der Waals surface area contributed by atoms with Crippen LogP contribution in [0, 0.1) is 0 Å². The molecule has 43 heavy (non-hydrogen) atoms. The van der Waals surface area contributed by atoms with E-state index < -0.39 is 6.19 Å². The van der Waals surface area contributed by atoms with Crippen LogP contribution in [-0.4, -0.2) is 80.2 Å². The zero-order chi connectivity index (χ0) is 29.6. The van der Waals surface area contributed by atoms with Gasteiger partial charge in [-0.3, -0.25) is 4.67 Å². The van der Waals surface area contributed by atoms with Crippen molar-refractivity contribution in [3.05, 3.63) is 105 Å². The van der Waals surface area contributed by atoms with Crippen molar-refractivity contribution in [2.75, 3.05) is 65.7 Å². The SMILES string of the molecule is CCN(CC)P(=S)(C1=C(N2CCOCC2)/C(=C\c2ccccc2)CC1)C1=C(N2CCOCC2)/C(=C/c2ccccc2)CC1. The average Bonchev–Trinajstić information content (AvgIpc) is 3.68. The smallest absolute Gasteiger partial charge is 0.0672 e. The molecule has 7 heteroatoms. The Hall–Kier alpha value is -2.47. The van der Waals surface area contributed by atoms with Crippen LogP contribution in [0.2, 0.25) is 0 Å². The van der Waals surface area contributed by atoms with Crippen molar-refractivity contribution in [1.29, 1.82) is 0 Å². The van der Waals surface area contributed by atoms with E-state index in [1.54, 1.807) is 0 Å². The lowest BCUT2D eigenvalue weighted by Crippen LogP contribution is -2.37. The van der Waals surface area contributed by atoms with Gasteiger partial charge in [-0.1, -0.05) is 86.3 Å². The van der Waals surface area contributed by atoms with Crippen molar-refractivity contribution in [3.8, 4) is 0 Å². The number of benzene rings is 2. The molecular formula is C36H46N3O2PS. The highest BCUT2D eigenvalue weighted by Gasteiger charge is 2.43. The monoisotopic (exact) mass is 615 g/mol. The summed E-state index contributed by atoms with van der Waals surface area (Å²) >= 11 is 7.22. The van der Waals surface area contributed by atoms with Crippen LogP contribution in [0.1, 0.15) is 50.7 Å². The summed E-state index contributed by atoms with van der Waals surface area (Å²) in [5.41, 5.74) is 8.27. The minimum absolute atomic E-state index is 0.773. The number of hydrogen-bond acceptors (Lipinski definition) is 5. The number of ether oxygens (including phenoxy) is 2. The molecule has 2 aromatic carbocycles. The Kier molecular flexibility index (Phi) is 10.0. The fraction of sp³-hybridized carbons (Fsp3) is 0.444. The molecule has 0 aromatic heterocycles. The molecular weight excluding hydrogens is 569 g/mol. The number of nitrogens with zero attached hydrogens (tertiary/aromatic N) is 3. The Bertz CT molecular complexity index is 1330. The predicted molar refractivity (Wildman–Crippen MR) is 183 cm³/mol.